The maximum Gasteiger partial charge on any atom is 0.407 e. The lowest BCUT2D eigenvalue weighted by Gasteiger charge is -2.46. The minimum atomic E-state index is -0.819. The molecule has 0 aromatic heterocycles. The number of amides is 1. The van der Waals surface area contributed by atoms with Gasteiger partial charge < -0.3 is 15.1 Å². The standard InChI is InChI=1S/C13H23NO3/c15-10-13(11-4-2-1-3-5-11)6-8-14(9-7-13)12(16)17/h11,15H,1-10H2,(H,16,17). The van der Waals surface area contributed by atoms with E-state index in [2.05, 4.69) is 0 Å². The number of carbonyl (C=O) groups is 1. The molecule has 0 radical (unpaired) electrons. The Balaban J connectivity index is 1.99. The summed E-state index contributed by atoms with van der Waals surface area (Å²) in [5, 5.41) is 18.7. The van der Waals surface area contributed by atoms with Crippen LogP contribution in [0.4, 0.5) is 4.79 Å². The molecule has 2 rings (SSSR count). The number of rotatable bonds is 2. The van der Waals surface area contributed by atoms with Crippen LogP contribution in [0.2, 0.25) is 0 Å². The zero-order valence-electron chi connectivity index (χ0n) is 10.4. The van der Waals surface area contributed by atoms with Crippen LogP contribution >= 0.6 is 0 Å². The Labute approximate surface area is 103 Å². The highest BCUT2D eigenvalue weighted by Crippen LogP contribution is 2.45. The van der Waals surface area contributed by atoms with Gasteiger partial charge in [0.15, 0.2) is 0 Å². The Morgan fingerprint density at radius 3 is 2.24 bits per heavy atom. The highest BCUT2D eigenvalue weighted by molar-refractivity contribution is 5.65. The van der Waals surface area contributed by atoms with E-state index in [0.717, 1.165) is 12.8 Å². The molecular weight excluding hydrogens is 218 g/mol. The van der Waals surface area contributed by atoms with Gasteiger partial charge in [-0.15, -0.1) is 0 Å². The molecule has 0 bridgehead atoms. The van der Waals surface area contributed by atoms with Crippen LogP contribution in [-0.2, 0) is 0 Å². The van der Waals surface area contributed by atoms with Gasteiger partial charge in [-0.1, -0.05) is 19.3 Å². The molecule has 0 spiro atoms. The number of hydrogen-bond donors (Lipinski definition) is 2. The first-order chi connectivity index (χ1) is 8.18. The quantitative estimate of drug-likeness (QED) is 0.780. The van der Waals surface area contributed by atoms with Gasteiger partial charge in [-0.3, -0.25) is 0 Å². The average molecular weight is 241 g/mol. The number of carboxylic acid groups (broad SMARTS) is 1. The summed E-state index contributed by atoms with van der Waals surface area (Å²) in [5.41, 5.74) is 0.00632. The largest absolute Gasteiger partial charge is 0.465 e. The molecule has 17 heavy (non-hydrogen) atoms. The van der Waals surface area contributed by atoms with Gasteiger partial charge in [0.2, 0.25) is 0 Å². The summed E-state index contributed by atoms with van der Waals surface area (Å²) >= 11 is 0. The topological polar surface area (TPSA) is 60.8 Å². The van der Waals surface area contributed by atoms with Crippen LogP contribution in [0.5, 0.6) is 0 Å². The van der Waals surface area contributed by atoms with Crippen LogP contribution in [0, 0.1) is 11.3 Å². The average Bonchev–Trinajstić information content (AvgIpc) is 2.40. The number of likely N-dealkylation sites (tertiary alicyclic amines) is 1. The van der Waals surface area contributed by atoms with Gasteiger partial charge >= 0.3 is 6.09 Å². The smallest absolute Gasteiger partial charge is 0.407 e. The number of nitrogens with zero attached hydrogens (tertiary/aromatic N) is 1. The monoisotopic (exact) mass is 241 g/mol. The molecule has 1 aliphatic heterocycles. The van der Waals surface area contributed by atoms with Crippen molar-refractivity contribution in [1.82, 2.24) is 4.90 Å². The molecule has 2 N–H and O–H groups in total. The molecule has 2 fully saturated rings. The molecule has 1 aliphatic carbocycles. The Hall–Kier alpha value is -0.770. The summed E-state index contributed by atoms with van der Waals surface area (Å²) in [6.45, 7) is 1.41. The minimum absolute atomic E-state index is 0.00632. The van der Waals surface area contributed by atoms with E-state index in [4.69, 9.17) is 5.11 Å². The Morgan fingerprint density at radius 2 is 1.76 bits per heavy atom. The third-order valence-corrected chi connectivity index (χ3v) is 4.82. The minimum Gasteiger partial charge on any atom is -0.465 e. The lowest BCUT2D eigenvalue weighted by atomic mass is 9.64. The highest BCUT2D eigenvalue weighted by atomic mass is 16.4. The van der Waals surface area contributed by atoms with Crippen molar-refractivity contribution in [3.63, 3.8) is 0 Å². The van der Waals surface area contributed by atoms with E-state index in [1.165, 1.54) is 37.0 Å². The fourth-order valence-electron chi connectivity index (χ4n) is 3.55. The predicted octanol–water partition coefficient (Wildman–Crippen LogP) is 2.32. The van der Waals surface area contributed by atoms with E-state index in [0.29, 0.717) is 19.0 Å². The van der Waals surface area contributed by atoms with Crippen molar-refractivity contribution in [1.29, 1.82) is 0 Å². The summed E-state index contributed by atoms with van der Waals surface area (Å²) in [7, 11) is 0. The van der Waals surface area contributed by atoms with Crippen molar-refractivity contribution < 1.29 is 15.0 Å². The molecule has 0 aromatic carbocycles. The van der Waals surface area contributed by atoms with Gasteiger partial charge in [-0.2, -0.15) is 0 Å². The third-order valence-electron chi connectivity index (χ3n) is 4.82. The summed E-state index contributed by atoms with van der Waals surface area (Å²) in [6, 6.07) is 0. The van der Waals surface area contributed by atoms with Crippen molar-refractivity contribution in [3.05, 3.63) is 0 Å². The number of hydrogen-bond acceptors (Lipinski definition) is 2. The molecule has 0 unspecified atom stereocenters. The van der Waals surface area contributed by atoms with Gasteiger partial charge in [-0.05, 0) is 37.0 Å². The Morgan fingerprint density at radius 1 is 1.18 bits per heavy atom. The predicted molar refractivity (Wildman–Crippen MR) is 64.9 cm³/mol. The molecule has 98 valence electrons. The molecule has 1 saturated carbocycles. The molecule has 4 heteroatoms. The van der Waals surface area contributed by atoms with E-state index in [1.54, 1.807) is 0 Å². The van der Waals surface area contributed by atoms with Crippen molar-refractivity contribution in [2.45, 2.75) is 44.9 Å². The van der Waals surface area contributed by atoms with Crippen LogP contribution in [0.15, 0.2) is 0 Å². The van der Waals surface area contributed by atoms with E-state index >= 15 is 0 Å². The van der Waals surface area contributed by atoms with E-state index < -0.39 is 6.09 Å². The second-order valence-electron chi connectivity index (χ2n) is 5.63. The summed E-state index contributed by atoms with van der Waals surface area (Å²) < 4.78 is 0. The maximum absolute atomic E-state index is 10.9. The zero-order chi connectivity index (χ0) is 12.3. The van der Waals surface area contributed by atoms with Gasteiger partial charge in [-0.25, -0.2) is 4.79 Å². The molecule has 1 heterocycles. The van der Waals surface area contributed by atoms with Crippen LogP contribution in [-0.4, -0.2) is 40.9 Å². The zero-order valence-corrected chi connectivity index (χ0v) is 10.4. The fraction of sp³-hybridized carbons (Fsp3) is 0.923. The third kappa shape index (κ3) is 2.57. The summed E-state index contributed by atoms with van der Waals surface area (Å²) in [6.07, 6.45) is 7.14. The second kappa shape index (κ2) is 5.25. The molecular formula is C13H23NO3. The number of aliphatic hydroxyl groups is 1. The summed E-state index contributed by atoms with van der Waals surface area (Å²) in [5.74, 6) is 0.609. The van der Waals surface area contributed by atoms with Crippen LogP contribution in [0.3, 0.4) is 0 Å². The molecule has 4 nitrogen and oxygen atoms in total. The lowest BCUT2D eigenvalue weighted by molar-refractivity contribution is -0.0137. The van der Waals surface area contributed by atoms with Crippen molar-refractivity contribution in [2.75, 3.05) is 19.7 Å². The highest BCUT2D eigenvalue weighted by Gasteiger charge is 2.41. The van der Waals surface area contributed by atoms with Crippen LogP contribution in [0.25, 0.3) is 0 Å². The Bertz CT molecular complexity index is 266. The van der Waals surface area contributed by atoms with E-state index in [9.17, 15) is 9.90 Å². The van der Waals surface area contributed by atoms with Crippen LogP contribution < -0.4 is 0 Å². The maximum atomic E-state index is 10.9. The van der Waals surface area contributed by atoms with E-state index in [1.807, 2.05) is 0 Å². The van der Waals surface area contributed by atoms with Gasteiger partial charge in [0.05, 0.1) is 0 Å². The molecule has 1 saturated heterocycles. The van der Waals surface area contributed by atoms with Crippen molar-refractivity contribution in [3.8, 4) is 0 Å². The van der Waals surface area contributed by atoms with Crippen LogP contribution in [0.1, 0.15) is 44.9 Å². The summed E-state index contributed by atoms with van der Waals surface area (Å²) in [4.78, 5) is 12.4. The van der Waals surface area contributed by atoms with Crippen molar-refractivity contribution in [2.24, 2.45) is 11.3 Å². The first-order valence-corrected chi connectivity index (χ1v) is 6.77. The molecule has 1 amide bonds. The van der Waals surface area contributed by atoms with E-state index in [-0.39, 0.29) is 12.0 Å². The van der Waals surface area contributed by atoms with Gasteiger partial charge in [0.1, 0.15) is 0 Å². The van der Waals surface area contributed by atoms with Crippen molar-refractivity contribution >= 4 is 6.09 Å². The number of aliphatic hydroxyl groups excluding tert-OH is 1. The first-order valence-electron chi connectivity index (χ1n) is 6.77. The number of piperidine rings is 1. The van der Waals surface area contributed by atoms with Gasteiger partial charge in [0.25, 0.3) is 0 Å². The second-order valence-corrected chi connectivity index (χ2v) is 5.63. The van der Waals surface area contributed by atoms with Gasteiger partial charge in [0, 0.05) is 19.7 Å². The fourth-order valence-corrected chi connectivity index (χ4v) is 3.55. The first kappa shape index (κ1) is 12.7. The molecule has 2 aliphatic rings. The Kier molecular flexibility index (Phi) is 3.92. The molecule has 0 aromatic rings. The lowest BCUT2D eigenvalue weighted by Crippen LogP contribution is -2.48. The molecule has 0 atom stereocenters. The normalized spacial score (nSPS) is 25.8. The SMILES string of the molecule is O=C(O)N1CCC(CO)(C2CCCCC2)CC1.